The predicted molar refractivity (Wildman–Crippen MR) is 276 cm³/mol. The number of aliphatic hydroxyl groups excluding tert-OH is 2. The number of aliphatic hydroxyl groups is 2. The molecule has 0 saturated carbocycles. The van der Waals surface area contributed by atoms with Gasteiger partial charge in [-0.15, -0.1) is 0 Å². The number of allylic oxidation sites excluding steroid dienone is 13. The molecule has 3 N–H and O–H groups in total. The summed E-state index contributed by atoms with van der Waals surface area (Å²) in [5.74, 6) is -0.0843. The summed E-state index contributed by atoms with van der Waals surface area (Å²) in [5, 5.41) is 23.1. The molecule has 0 fully saturated rings. The van der Waals surface area contributed by atoms with E-state index in [2.05, 4.69) is 92.1 Å². The molecule has 2 atom stereocenters. The first-order valence-electron chi connectivity index (χ1n) is 26.8. The van der Waals surface area contributed by atoms with Crippen molar-refractivity contribution in [2.45, 2.75) is 270 Å². The molecule has 0 aromatic rings. The zero-order valence-electron chi connectivity index (χ0n) is 41.1. The van der Waals surface area contributed by atoms with Gasteiger partial charge in [0.15, 0.2) is 0 Å². The first-order valence-corrected chi connectivity index (χ1v) is 26.8. The fraction of sp³-hybridized carbons (Fsp3) is 0.741. The van der Waals surface area contributed by atoms with E-state index in [0.717, 1.165) is 64.2 Å². The molecule has 4 heteroatoms. The van der Waals surface area contributed by atoms with Gasteiger partial charge < -0.3 is 15.5 Å². The molecule has 4 nitrogen and oxygen atoms in total. The Labute approximate surface area is 386 Å². The second-order valence-corrected chi connectivity index (χ2v) is 17.9. The lowest BCUT2D eigenvalue weighted by Gasteiger charge is -2.19. The van der Waals surface area contributed by atoms with E-state index >= 15 is 0 Å². The number of hydrogen-bond donors (Lipinski definition) is 3. The number of amides is 1. The maximum atomic E-state index is 12.4. The maximum absolute atomic E-state index is 12.4. The van der Waals surface area contributed by atoms with Gasteiger partial charge in [0.2, 0.25) is 5.91 Å². The van der Waals surface area contributed by atoms with Gasteiger partial charge >= 0.3 is 0 Å². The Morgan fingerprint density at radius 3 is 1.13 bits per heavy atom. The molecule has 358 valence electrons. The molecule has 2 unspecified atom stereocenters. The number of nitrogens with one attached hydrogen (secondary N) is 1. The Kier molecular flexibility index (Phi) is 50.8. The minimum Gasteiger partial charge on any atom is -0.394 e. The molecule has 0 aromatic heterocycles. The molecule has 0 heterocycles. The lowest BCUT2D eigenvalue weighted by molar-refractivity contribution is -0.123. The van der Waals surface area contributed by atoms with E-state index in [9.17, 15) is 15.0 Å². The van der Waals surface area contributed by atoms with Crippen LogP contribution in [0.2, 0.25) is 0 Å². The summed E-state index contributed by atoms with van der Waals surface area (Å²) >= 11 is 0. The van der Waals surface area contributed by atoms with Crippen LogP contribution in [0, 0.1) is 0 Å². The summed E-state index contributed by atoms with van der Waals surface area (Å²) < 4.78 is 0. The lowest BCUT2D eigenvalue weighted by Crippen LogP contribution is -2.45. The highest BCUT2D eigenvalue weighted by Gasteiger charge is 2.17. The van der Waals surface area contributed by atoms with E-state index in [4.69, 9.17) is 0 Å². The van der Waals surface area contributed by atoms with Gasteiger partial charge in [0.05, 0.1) is 18.8 Å². The van der Waals surface area contributed by atoms with E-state index in [1.165, 1.54) is 173 Å². The molecular weight excluding hydrogens is 759 g/mol. The molecule has 62 heavy (non-hydrogen) atoms. The van der Waals surface area contributed by atoms with Crippen molar-refractivity contribution < 1.29 is 15.0 Å². The molecule has 0 aliphatic carbocycles. The van der Waals surface area contributed by atoms with Crippen molar-refractivity contribution in [3.05, 3.63) is 85.1 Å². The average Bonchev–Trinajstić information content (AvgIpc) is 3.28. The molecule has 0 rings (SSSR count). The second-order valence-electron chi connectivity index (χ2n) is 17.9. The van der Waals surface area contributed by atoms with Crippen molar-refractivity contribution in [2.75, 3.05) is 6.61 Å². The summed E-state index contributed by atoms with van der Waals surface area (Å²) in [6.07, 6.45) is 77.3. The molecule has 0 bridgehead atoms. The van der Waals surface area contributed by atoms with Crippen LogP contribution in [0.1, 0.15) is 258 Å². The Morgan fingerprint density at radius 1 is 0.403 bits per heavy atom. The SMILES string of the molecule is CC/C=C\C/C=C\C/C=C\C/C=C\CCCCCCCCCCCCC(=O)NC(CO)C(O)/C=C/CC/C=C/CC/C=C/CCCCCCCCCCCCCCCCCCC. The zero-order valence-corrected chi connectivity index (χ0v) is 41.1. The molecule has 0 spiro atoms. The van der Waals surface area contributed by atoms with E-state index < -0.39 is 12.1 Å². The Bertz CT molecular complexity index is 1110. The summed E-state index contributed by atoms with van der Waals surface area (Å²) in [4.78, 5) is 12.4. The van der Waals surface area contributed by atoms with Crippen LogP contribution in [0.15, 0.2) is 85.1 Å². The maximum Gasteiger partial charge on any atom is 0.220 e. The van der Waals surface area contributed by atoms with E-state index in [1.54, 1.807) is 6.08 Å². The lowest BCUT2D eigenvalue weighted by atomic mass is 10.0. The Hall–Kier alpha value is -2.43. The quantitative estimate of drug-likeness (QED) is 0.0422. The van der Waals surface area contributed by atoms with Crippen LogP contribution < -0.4 is 5.32 Å². The smallest absolute Gasteiger partial charge is 0.220 e. The minimum atomic E-state index is -0.878. The number of carbonyl (C=O) groups excluding carboxylic acids is 1. The second kappa shape index (κ2) is 52.9. The van der Waals surface area contributed by atoms with Crippen molar-refractivity contribution in [3.8, 4) is 0 Å². The van der Waals surface area contributed by atoms with Crippen molar-refractivity contribution in [1.29, 1.82) is 0 Å². The molecule has 0 aromatic carbocycles. The highest BCUT2D eigenvalue weighted by Crippen LogP contribution is 2.16. The van der Waals surface area contributed by atoms with Gasteiger partial charge in [0, 0.05) is 6.42 Å². The monoisotopic (exact) mass is 862 g/mol. The van der Waals surface area contributed by atoms with E-state index in [1.807, 2.05) is 6.08 Å². The molecule has 0 saturated heterocycles. The van der Waals surface area contributed by atoms with E-state index in [-0.39, 0.29) is 12.5 Å². The molecule has 0 aliphatic rings. The first kappa shape index (κ1) is 59.6. The largest absolute Gasteiger partial charge is 0.394 e. The van der Waals surface area contributed by atoms with Gasteiger partial charge in [-0.3, -0.25) is 4.79 Å². The third-order valence-corrected chi connectivity index (χ3v) is 11.8. The van der Waals surface area contributed by atoms with Crippen LogP contribution in [0.3, 0.4) is 0 Å². The molecule has 0 aliphatic heterocycles. The Balaban J connectivity index is 3.61. The summed E-state index contributed by atoms with van der Waals surface area (Å²) in [6, 6.07) is -0.654. The number of hydrogen-bond acceptors (Lipinski definition) is 3. The highest BCUT2D eigenvalue weighted by molar-refractivity contribution is 5.76. The third-order valence-electron chi connectivity index (χ3n) is 11.8. The highest BCUT2D eigenvalue weighted by atomic mass is 16.3. The van der Waals surface area contributed by atoms with Gasteiger partial charge in [-0.2, -0.15) is 0 Å². The van der Waals surface area contributed by atoms with Crippen LogP contribution in [-0.2, 0) is 4.79 Å². The van der Waals surface area contributed by atoms with Crippen LogP contribution in [0.25, 0.3) is 0 Å². The van der Waals surface area contributed by atoms with Gasteiger partial charge in [-0.05, 0) is 83.5 Å². The van der Waals surface area contributed by atoms with Crippen molar-refractivity contribution in [2.24, 2.45) is 0 Å². The standard InChI is InChI=1S/C58H103NO3/c1-3-5-7-9-11-13-15-17-19-21-23-25-27-28-29-30-32-33-35-37-39-41-43-45-47-49-51-53-57(61)56(55-60)59-58(62)54-52-50-48-46-44-42-40-38-36-34-31-26-24-22-20-18-16-14-12-10-8-6-4-2/h6,8,12,14,18,20,24,26,35,37,43,45,51,53,56-57,60-61H,3-5,7,9-11,13,15-17,19,21-23,25,27-34,36,38-42,44,46-50,52,54-55H2,1-2H3,(H,59,62)/b8-6-,14-12-,20-18-,26-24-,37-35+,45-43+,53-51+. The van der Waals surface area contributed by atoms with Crippen LogP contribution in [0.4, 0.5) is 0 Å². The topological polar surface area (TPSA) is 69.6 Å². The van der Waals surface area contributed by atoms with Gasteiger partial charge in [-0.25, -0.2) is 0 Å². The van der Waals surface area contributed by atoms with Crippen LogP contribution in [0.5, 0.6) is 0 Å². The summed E-state index contributed by atoms with van der Waals surface area (Å²) in [6.45, 7) is 4.19. The number of rotatable bonds is 48. The van der Waals surface area contributed by atoms with Gasteiger partial charge in [0.25, 0.3) is 0 Å². The fourth-order valence-electron chi connectivity index (χ4n) is 7.79. The third kappa shape index (κ3) is 48.6. The summed E-state index contributed by atoms with van der Waals surface area (Å²) in [7, 11) is 0. The van der Waals surface area contributed by atoms with Gasteiger partial charge in [0.1, 0.15) is 0 Å². The zero-order chi connectivity index (χ0) is 44.9. The number of unbranched alkanes of at least 4 members (excludes halogenated alkanes) is 29. The predicted octanol–water partition coefficient (Wildman–Crippen LogP) is 17.6. The van der Waals surface area contributed by atoms with E-state index in [0.29, 0.717) is 6.42 Å². The van der Waals surface area contributed by atoms with Gasteiger partial charge in [-0.1, -0.05) is 253 Å². The molecule has 1 amide bonds. The fourth-order valence-corrected chi connectivity index (χ4v) is 7.79. The summed E-state index contributed by atoms with van der Waals surface area (Å²) in [5.41, 5.74) is 0. The normalized spacial score (nSPS) is 13.5. The minimum absolute atomic E-state index is 0.0843. The van der Waals surface area contributed by atoms with Crippen molar-refractivity contribution >= 4 is 5.91 Å². The van der Waals surface area contributed by atoms with Crippen LogP contribution >= 0.6 is 0 Å². The average molecular weight is 862 g/mol. The van der Waals surface area contributed by atoms with Crippen molar-refractivity contribution in [1.82, 2.24) is 5.32 Å². The molecule has 0 radical (unpaired) electrons. The molecular formula is C58H103NO3. The Morgan fingerprint density at radius 2 is 0.726 bits per heavy atom. The van der Waals surface area contributed by atoms with Crippen LogP contribution in [-0.4, -0.2) is 34.9 Å². The number of carbonyl (C=O) groups is 1. The van der Waals surface area contributed by atoms with Crippen molar-refractivity contribution in [3.63, 3.8) is 0 Å². The first-order chi connectivity index (χ1) is 30.7.